The number of carbonyl (C=O) groups is 1. The first-order valence-corrected chi connectivity index (χ1v) is 7.45. The summed E-state index contributed by atoms with van der Waals surface area (Å²) in [6.45, 7) is 7.24. The van der Waals surface area contributed by atoms with Crippen molar-refractivity contribution in [3.63, 3.8) is 0 Å². The van der Waals surface area contributed by atoms with Crippen molar-refractivity contribution in [2.24, 2.45) is 0 Å². The summed E-state index contributed by atoms with van der Waals surface area (Å²) >= 11 is 0. The Morgan fingerprint density at radius 1 is 1.36 bits per heavy atom. The fourth-order valence-electron chi connectivity index (χ4n) is 2.70. The van der Waals surface area contributed by atoms with Crippen LogP contribution in [0.4, 0.5) is 4.79 Å². The lowest BCUT2D eigenvalue weighted by Crippen LogP contribution is -2.41. The fraction of sp³-hybridized carbons (Fsp3) is 0.500. The van der Waals surface area contributed by atoms with E-state index in [1.54, 1.807) is 4.90 Å². The normalized spacial score (nSPS) is 15.0. The monoisotopic (exact) mass is 303 g/mol. The highest BCUT2D eigenvalue weighted by atomic mass is 16.6. The molecule has 0 atom stereocenters. The second kappa shape index (κ2) is 5.28. The molecular formula is C16H21N3O3. The number of aliphatic hydroxyl groups excluding tert-OH is 1. The van der Waals surface area contributed by atoms with Gasteiger partial charge in [-0.2, -0.15) is 0 Å². The van der Waals surface area contributed by atoms with E-state index in [2.05, 4.69) is 9.55 Å². The largest absolute Gasteiger partial charge is 0.444 e. The minimum atomic E-state index is -0.501. The van der Waals surface area contributed by atoms with Gasteiger partial charge in [0.25, 0.3) is 0 Å². The first-order valence-electron chi connectivity index (χ1n) is 7.45. The van der Waals surface area contributed by atoms with E-state index < -0.39 is 5.60 Å². The molecule has 2 heterocycles. The van der Waals surface area contributed by atoms with Crippen LogP contribution in [0.15, 0.2) is 18.2 Å². The van der Waals surface area contributed by atoms with Crippen LogP contribution in [0, 0.1) is 0 Å². The summed E-state index contributed by atoms with van der Waals surface area (Å²) in [5.41, 5.74) is 2.12. The fourth-order valence-corrected chi connectivity index (χ4v) is 2.70. The lowest BCUT2D eigenvalue weighted by atomic mass is 10.2. The Bertz CT molecular complexity index is 715. The summed E-state index contributed by atoms with van der Waals surface area (Å²) in [5, 5.41) is 9.43. The minimum Gasteiger partial charge on any atom is -0.444 e. The summed E-state index contributed by atoms with van der Waals surface area (Å²) in [5.74, 6) is 0.827. The number of imidazole rings is 1. The van der Waals surface area contributed by atoms with Gasteiger partial charge in [0.2, 0.25) is 0 Å². The molecule has 1 N–H and O–H groups in total. The van der Waals surface area contributed by atoms with Gasteiger partial charge < -0.3 is 14.4 Å². The van der Waals surface area contributed by atoms with Crippen LogP contribution in [-0.4, -0.2) is 37.8 Å². The van der Waals surface area contributed by atoms with Gasteiger partial charge in [-0.25, -0.2) is 9.78 Å². The van der Waals surface area contributed by atoms with Crippen molar-refractivity contribution in [2.45, 2.75) is 46.1 Å². The van der Waals surface area contributed by atoms with E-state index in [-0.39, 0.29) is 12.7 Å². The number of benzene rings is 1. The number of para-hydroxylation sites is 1. The summed E-state index contributed by atoms with van der Waals surface area (Å²) in [6, 6.07) is 5.78. The summed E-state index contributed by atoms with van der Waals surface area (Å²) in [7, 11) is 0. The maximum atomic E-state index is 12.2. The standard InChI is InChI=1S/C16H21N3O3/c1-16(2,3)22-15(21)18-7-8-19-12-6-4-5-11(10-20)14(12)17-13(19)9-18/h4-6,20H,7-10H2,1-3H3. The molecule has 22 heavy (non-hydrogen) atoms. The Morgan fingerprint density at radius 2 is 2.14 bits per heavy atom. The van der Waals surface area contributed by atoms with Crippen molar-refractivity contribution in [1.29, 1.82) is 0 Å². The molecule has 0 aliphatic carbocycles. The van der Waals surface area contributed by atoms with Gasteiger partial charge in [0.05, 0.1) is 24.2 Å². The van der Waals surface area contributed by atoms with Crippen molar-refractivity contribution < 1.29 is 14.6 Å². The van der Waals surface area contributed by atoms with Gasteiger partial charge in [0, 0.05) is 18.7 Å². The Labute approximate surface area is 129 Å². The average molecular weight is 303 g/mol. The number of rotatable bonds is 1. The second-order valence-corrected chi connectivity index (χ2v) is 6.52. The third-order valence-electron chi connectivity index (χ3n) is 3.69. The zero-order valence-electron chi connectivity index (χ0n) is 13.2. The molecule has 0 bridgehead atoms. The second-order valence-electron chi connectivity index (χ2n) is 6.52. The molecule has 0 radical (unpaired) electrons. The van der Waals surface area contributed by atoms with Gasteiger partial charge in [0.1, 0.15) is 11.4 Å². The molecule has 1 amide bonds. The molecule has 0 saturated carbocycles. The molecule has 1 aromatic carbocycles. The lowest BCUT2D eigenvalue weighted by molar-refractivity contribution is 0.0196. The van der Waals surface area contributed by atoms with Crippen molar-refractivity contribution in [2.75, 3.05) is 6.54 Å². The molecule has 6 nitrogen and oxygen atoms in total. The molecule has 0 unspecified atom stereocenters. The van der Waals surface area contributed by atoms with Crippen LogP contribution in [0.2, 0.25) is 0 Å². The summed E-state index contributed by atoms with van der Waals surface area (Å²) < 4.78 is 7.53. The van der Waals surface area contributed by atoms with Gasteiger partial charge >= 0.3 is 6.09 Å². The molecule has 0 saturated heterocycles. The number of amides is 1. The van der Waals surface area contributed by atoms with Crippen LogP contribution in [0.25, 0.3) is 11.0 Å². The Balaban J connectivity index is 1.89. The van der Waals surface area contributed by atoms with Crippen LogP contribution >= 0.6 is 0 Å². The van der Waals surface area contributed by atoms with E-state index in [4.69, 9.17) is 4.74 Å². The highest BCUT2D eigenvalue weighted by Crippen LogP contribution is 2.24. The van der Waals surface area contributed by atoms with E-state index in [9.17, 15) is 9.90 Å². The van der Waals surface area contributed by atoms with Crippen molar-refractivity contribution in [1.82, 2.24) is 14.5 Å². The highest BCUT2D eigenvalue weighted by Gasteiger charge is 2.27. The molecule has 2 aromatic rings. The zero-order valence-corrected chi connectivity index (χ0v) is 13.2. The van der Waals surface area contributed by atoms with Crippen molar-refractivity contribution >= 4 is 17.1 Å². The van der Waals surface area contributed by atoms with Gasteiger partial charge in [0.15, 0.2) is 0 Å². The van der Waals surface area contributed by atoms with Gasteiger partial charge in [-0.15, -0.1) is 0 Å². The highest BCUT2D eigenvalue weighted by molar-refractivity contribution is 5.80. The molecule has 0 fully saturated rings. The molecule has 1 aliphatic heterocycles. The number of aromatic nitrogens is 2. The Hall–Kier alpha value is -2.08. The number of fused-ring (bicyclic) bond motifs is 3. The van der Waals surface area contributed by atoms with E-state index in [1.807, 2.05) is 39.0 Å². The Morgan fingerprint density at radius 3 is 2.82 bits per heavy atom. The number of hydrogen-bond donors (Lipinski definition) is 1. The topological polar surface area (TPSA) is 67.6 Å². The van der Waals surface area contributed by atoms with Gasteiger partial charge in [-0.05, 0) is 26.8 Å². The zero-order chi connectivity index (χ0) is 15.9. The SMILES string of the molecule is CC(C)(C)OC(=O)N1CCn2c(nc3c(CO)cccc32)C1. The van der Waals surface area contributed by atoms with Crippen LogP contribution in [0.1, 0.15) is 32.2 Å². The number of carbonyl (C=O) groups excluding carboxylic acids is 1. The van der Waals surface area contributed by atoms with Crippen LogP contribution in [0.3, 0.4) is 0 Å². The third kappa shape index (κ3) is 2.66. The maximum absolute atomic E-state index is 12.2. The summed E-state index contributed by atoms with van der Waals surface area (Å²) in [6.07, 6.45) is -0.312. The quantitative estimate of drug-likeness (QED) is 0.877. The number of aliphatic hydroxyl groups is 1. The smallest absolute Gasteiger partial charge is 0.410 e. The average Bonchev–Trinajstić information content (AvgIpc) is 2.82. The third-order valence-corrected chi connectivity index (χ3v) is 3.69. The number of ether oxygens (including phenoxy) is 1. The predicted octanol–water partition coefficient (Wildman–Crippen LogP) is 2.28. The molecule has 1 aromatic heterocycles. The van der Waals surface area contributed by atoms with E-state index in [0.29, 0.717) is 19.6 Å². The summed E-state index contributed by atoms with van der Waals surface area (Å²) in [4.78, 5) is 18.5. The van der Waals surface area contributed by atoms with E-state index in [0.717, 1.165) is 22.4 Å². The first kappa shape index (κ1) is 14.8. The van der Waals surface area contributed by atoms with Crippen LogP contribution in [-0.2, 0) is 24.4 Å². The number of hydrogen-bond acceptors (Lipinski definition) is 4. The minimum absolute atomic E-state index is 0.0381. The predicted molar refractivity (Wildman–Crippen MR) is 82.3 cm³/mol. The Kier molecular flexibility index (Phi) is 3.56. The molecule has 0 spiro atoms. The molecule has 6 heteroatoms. The van der Waals surface area contributed by atoms with E-state index in [1.165, 1.54) is 0 Å². The van der Waals surface area contributed by atoms with Crippen molar-refractivity contribution in [3.05, 3.63) is 29.6 Å². The van der Waals surface area contributed by atoms with Gasteiger partial charge in [-0.3, -0.25) is 4.90 Å². The van der Waals surface area contributed by atoms with E-state index >= 15 is 0 Å². The molecule has 1 aliphatic rings. The number of nitrogens with zero attached hydrogens (tertiary/aromatic N) is 3. The molecular weight excluding hydrogens is 282 g/mol. The van der Waals surface area contributed by atoms with Crippen molar-refractivity contribution in [3.8, 4) is 0 Å². The van der Waals surface area contributed by atoms with Crippen LogP contribution in [0.5, 0.6) is 0 Å². The maximum Gasteiger partial charge on any atom is 0.410 e. The van der Waals surface area contributed by atoms with Crippen LogP contribution < -0.4 is 0 Å². The van der Waals surface area contributed by atoms with Gasteiger partial charge in [-0.1, -0.05) is 12.1 Å². The first-order chi connectivity index (χ1) is 10.4. The molecule has 118 valence electrons. The lowest BCUT2D eigenvalue weighted by Gasteiger charge is -2.30. The molecule has 3 rings (SSSR count).